The number of carbonyl (C=O) groups is 1. The lowest BCUT2D eigenvalue weighted by molar-refractivity contribution is 0.0499. The maximum atomic E-state index is 14.3. The summed E-state index contributed by atoms with van der Waals surface area (Å²) in [5, 5.41) is 3.84. The molecule has 47 heavy (non-hydrogen) atoms. The highest BCUT2D eigenvalue weighted by molar-refractivity contribution is 6.03. The molecule has 4 aromatic heterocycles. The van der Waals surface area contributed by atoms with E-state index in [0.717, 1.165) is 29.4 Å². The lowest BCUT2D eigenvalue weighted by atomic mass is 10.1. The number of fused-ring (bicyclic) bond motifs is 4. The molecule has 248 valence electrons. The van der Waals surface area contributed by atoms with Gasteiger partial charge in [-0.05, 0) is 73.4 Å². The molecule has 5 heterocycles. The number of ether oxygens (including phenoxy) is 1. The number of furan rings is 1. The molecule has 0 saturated carbocycles. The van der Waals surface area contributed by atoms with Crippen molar-refractivity contribution in [3.05, 3.63) is 67.8 Å². The van der Waals surface area contributed by atoms with E-state index in [2.05, 4.69) is 15.2 Å². The zero-order valence-electron chi connectivity index (χ0n) is 28.3. The Labute approximate surface area is 271 Å². The van der Waals surface area contributed by atoms with Gasteiger partial charge in [0, 0.05) is 38.1 Å². The van der Waals surface area contributed by atoms with Crippen molar-refractivity contribution in [1.29, 1.82) is 0 Å². The van der Waals surface area contributed by atoms with E-state index in [-0.39, 0.29) is 12.6 Å². The van der Waals surface area contributed by atoms with Gasteiger partial charge in [0.2, 0.25) is 5.95 Å². The van der Waals surface area contributed by atoms with Crippen molar-refractivity contribution >= 4 is 45.3 Å². The zero-order valence-corrected chi connectivity index (χ0v) is 28.3. The van der Waals surface area contributed by atoms with Gasteiger partial charge in [-0.3, -0.25) is 13.9 Å². The normalized spacial score (nSPS) is 15.5. The Kier molecular flexibility index (Phi) is 8.18. The number of allylic oxidation sites excluding steroid dienone is 2. The molecular weight excluding hydrogens is 600 g/mol. The van der Waals surface area contributed by atoms with Crippen LogP contribution in [0, 0.1) is 13.8 Å². The molecule has 5 aromatic rings. The first-order chi connectivity index (χ1) is 22.2. The molecule has 1 saturated heterocycles. The number of benzene rings is 1. The van der Waals surface area contributed by atoms with Crippen molar-refractivity contribution in [1.82, 2.24) is 34.0 Å². The van der Waals surface area contributed by atoms with Crippen molar-refractivity contribution in [3.63, 3.8) is 0 Å². The lowest BCUT2D eigenvalue weighted by Crippen LogP contribution is -2.49. The van der Waals surface area contributed by atoms with E-state index in [9.17, 15) is 14.4 Å². The minimum Gasteiger partial charge on any atom is -0.452 e. The van der Waals surface area contributed by atoms with Crippen LogP contribution in [0.25, 0.3) is 33.2 Å². The molecule has 0 spiro atoms. The van der Waals surface area contributed by atoms with Gasteiger partial charge in [0.05, 0.1) is 12.2 Å². The van der Waals surface area contributed by atoms with Gasteiger partial charge in [-0.25, -0.2) is 19.6 Å². The van der Waals surface area contributed by atoms with Crippen LogP contribution in [0.1, 0.15) is 64.5 Å². The summed E-state index contributed by atoms with van der Waals surface area (Å²) < 4.78 is 15.9. The van der Waals surface area contributed by atoms with E-state index in [0.29, 0.717) is 64.9 Å². The highest BCUT2D eigenvalue weighted by Gasteiger charge is 2.29. The molecule has 0 unspecified atom stereocenters. The average molecular weight is 643 g/mol. The molecule has 1 N–H and O–H groups in total. The number of imidazole rings is 1. The van der Waals surface area contributed by atoms with Crippen molar-refractivity contribution in [2.75, 3.05) is 18.0 Å². The van der Waals surface area contributed by atoms with Crippen LogP contribution in [0.2, 0.25) is 0 Å². The first-order valence-electron chi connectivity index (χ1n) is 15.9. The summed E-state index contributed by atoms with van der Waals surface area (Å²) in [6.07, 6.45) is 3.13. The monoisotopic (exact) mass is 642 g/mol. The second-order valence-electron chi connectivity index (χ2n) is 13.6. The molecule has 0 aliphatic carbocycles. The molecule has 1 aliphatic heterocycles. The second-order valence-corrected chi connectivity index (χ2v) is 13.6. The number of aromatic nitrogens is 6. The number of hydrogen-bond acceptors (Lipinski definition) is 9. The number of nitrogens with one attached hydrogen (secondary N) is 1. The molecule has 13 heteroatoms. The Bertz CT molecular complexity index is 2170. The van der Waals surface area contributed by atoms with Crippen LogP contribution in [0.15, 0.2) is 43.9 Å². The highest BCUT2D eigenvalue weighted by Crippen LogP contribution is 2.30. The minimum atomic E-state index is -0.609. The fourth-order valence-electron chi connectivity index (χ4n) is 6.10. The molecule has 0 bridgehead atoms. The molecule has 1 aromatic carbocycles. The molecule has 1 amide bonds. The second kappa shape index (κ2) is 12.0. The van der Waals surface area contributed by atoms with Gasteiger partial charge in [-0.2, -0.15) is 4.98 Å². The Morgan fingerprint density at radius 2 is 1.89 bits per heavy atom. The van der Waals surface area contributed by atoms with E-state index < -0.39 is 22.9 Å². The van der Waals surface area contributed by atoms with Crippen LogP contribution < -0.4 is 21.5 Å². The SMILES string of the molecule is CC(C)=CCn1c(N2CCC[C@@H](NC(=O)OC(C)(C)C)C2)nc2c1c(=O)n(Cc1nc(C)c3oc4ccc(C)cc4c3n1)c(=O)n2C. The fraction of sp³-hybridized carbons (Fsp3) is 0.471. The highest BCUT2D eigenvalue weighted by atomic mass is 16.6. The molecule has 1 atom stereocenters. The Balaban J connectivity index is 1.42. The predicted molar refractivity (Wildman–Crippen MR) is 181 cm³/mol. The summed E-state index contributed by atoms with van der Waals surface area (Å²) >= 11 is 0. The van der Waals surface area contributed by atoms with Crippen LogP contribution in [0.3, 0.4) is 0 Å². The molecule has 1 fully saturated rings. The van der Waals surface area contributed by atoms with Gasteiger partial charge < -0.3 is 23.9 Å². The number of hydrogen-bond donors (Lipinski definition) is 1. The number of rotatable bonds is 6. The summed E-state index contributed by atoms with van der Waals surface area (Å²) in [7, 11) is 1.62. The van der Waals surface area contributed by atoms with Crippen molar-refractivity contribution in [2.45, 2.75) is 86.0 Å². The van der Waals surface area contributed by atoms with Gasteiger partial charge in [0.15, 0.2) is 16.7 Å². The summed E-state index contributed by atoms with van der Waals surface area (Å²) in [6.45, 7) is 14.7. The van der Waals surface area contributed by atoms with E-state index in [4.69, 9.17) is 19.1 Å². The van der Waals surface area contributed by atoms with Crippen LogP contribution in [0.4, 0.5) is 10.7 Å². The van der Waals surface area contributed by atoms with Gasteiger partial charge in [0.25, 0.3) is 5.56 Å². The van der Waals surface area contributed by atoms with Crippen LogP contribution >= 0.6 is 0 Å². The van der Waals surface area contributed by atoms with Crippen molar-refractivity contribution in [3.8, 4) is 0 Å². The smallest absolute Gasteiger partial charge is 0.407 e. The van der Waals surface area contributed by atoms with Crippen LogP contribution in [-0.2, 0) is 24.9 Å². The van der Waals surface area contributed by atoms with Gasteiger partial charge >= 0.3 is 11.8 Å². The maximum absolute atomic E-state index is 14.3. The number of carbonyl (C=O) groups excluding carboxylic acids is 1. The minimum absolute atomic E-state index is 0.120. The zero-order chi connectivity index (χ0) is 33.8. The standard InChI is InChI=1S/C34H42N8O5/c1-19(2)13-15-41-27-29(38-31(41)40-14-9-10-22(17-40)36-32(44)47-34(5,6)7)39(8)33(45)42(30(27)43)18-25-35-21(4)28-26(37-25)23-16-20(3)11-12-24(23)46-28/h11-13,16,22H,9-10,14-15,17-18H2,1-8H3,(H,36,44)/t22-/m1/s1. The molecule has 13 nitrogen and oxygen atoms in total. The number of nitrogens with zero attached hydrogens (tertiary/aromatic N) is 7. The molecule has 0 radical (unpaired) electrons. The van der Waals surface area contributed by atoms with Crippen molar-refractivity contribution < 1.29 is 13.9 Å². The summed E-state index contributed by atoms with van der Waals surface area (Å²) in [6, 6.07) is 5.71. The van der Waals surface area contributed by atoms with E-state index >= 15 is 0 Å². The van der Waals surface area contributed by atoms with Crippen molar-refractivity contribution in [2.24, 2.45) is 7.05 Å². The third-order valence-corrected chi connectivity index (χ3v) is 8.30. The lowest BCUT2D eigenvalue weighted by Gasteiger charge is -2.34. The van der Waals surface area contributed by atoms with E-state index in [1.54, 1.807) is 7.05 Å². The predicted octanol–water partition coefficient (Wildman–Crippen LogP) is 4.71. The van der Waals surface area contributed by atoms with Gasteiger partial charge in [-0.15, -0.1) is 0 Å². The first kappa shape index (κ1) is 32.0. The Hall–Kier alpha value is -4.94. The van der Waals surface area contributed by atoms with Gasteiger partial charge in [-0.1, -0.05) is 23.3 Å². The summed E-state index contributed by atoms with van der Waals surface area (Å²) in [4.78, 5) is 56.9. The molecule has 6 rings (SSSR count). The third-order valence-electron chi connectivity index (χ3n) is 8.30. The number of anilines is 1. The van der Waals surface area contributed by atoms with E-state index in [1.165, 1.54) is 9.13 Å². The Morgan fingerprint density at radius 1 is 1.13 bits per heavy atom. The number of aryl methyl sites for hydroxylation is 3. The number of alkyl carbamates (subject to hydrolysis) is 1. The average Bonchev–Trinajstić information content (AvgIpc) is 3.55. The molecule has 1 aliphatic rings. The summed E-state index contributed by atoms with van der Waals surface area (Å²) in [5.74, 6) is 0.896. The molecular formula is C34H42N8O5. The third kappa shape index (κ3) is 6.26. The largest absolute Gasteiger partial charge is 0.452 e. The van der Waals surface area contributed by atoms with Gasteiger partial charge in [0.1, 0.15) is 22.5 Å². The first-order valence-corrected chi connectivity index (χ1v) is 15.9. The summed E-state index contributed by atoms with van der Waals surface area (Å²) in [5.41, 5.74) is 3.69. The number of piperidine rings is 1. The van der Waals surface area contributed by atoms with Crippen LogP contribution in [0.5, 0.6) is 0 Å². The Morgan fingerprint density at radius 3 is 2.62 bits per heavy atom. The topological polar surface area (TPSA) is 142 Å². The van der Waals surface area contributed by atoms with E-state index in [1.807, 2.05) is 77.3 Å². The fourth-order valence-corrected chi connectivity index (χ4v) is 6.10. The maximum Gasteiger partial charge on any atom is 0.407 e. The number of amides is 1. The van der Waals surface area contributed by atoms with Crippen LogP contribution in [-0.4, -0.2) is 59.5 Å². The quantitative estimate of drug-likeness (QED) is 0.261.